The van der Waals surface area contributed by atoms with Crippen molar-refractivity contribution in [3.8, 4) is 0 Å². The highest BCUT2D eigenvalue weighted by Crippen LogP contribution is 2.15. The molecule has 2 aromatic heterocycles. The van der Waals surface area contributed by atoms with Gasteiger partial charge >= 0.3 is 0 Å². The normalized spacial score (nSPS) is 16.6. The van der Waals surface area contributed by atoms with Gasteiger partial charge in [-0.25, -0.2) is 9.97 Å². The smallest absolute Gasteiger partial charge is 0.115 e. The molecular formula is C15H19N3O2S. The molecule has 0 amide bonds. The summed E-state index contributed by atoms with van der Waals surface area (Å²) < 4.78 is 5.56. The Kier molecular flexibility index (Phi) is 4.92. The van der Waals surface area contributed by atoms with E-state index in [9.17, 15) is 5.11 Å². The van der Waals surface area contributed by atoms with Gasteiger partial charge < -0.3 is 9.84 Å². The lowest BCUT2D eigenvalue weighted by atomic mass is 10.1. The SMILES string of the molecule is O[C@@H](COCc1cccs1)CN1CCc2cncnc2C1. The van der Waals surface area contributed by atoms with Gasteiger partial charge in [0.05, 0.1) is 25.0 Å². The number of fused-ring (bicyclic) bond motifs is 1. The first kappa shape index (κ1) is 14.6. The van der Waals surface area contributed by atoms with Crippen LogP contribution in [-0.4, -0.2) is 45.8 Å². The fourth-order valence-corrected chi connectivity index (χ4v) is 3.14. The molecule has 0 radical (unpaired) electrons. The van der Waals surface area contributed by atoms with Gasteiger partial charge in [-0.15, -0.1) is 11.3 Å². The van der Waals surface area contributed by atoms with Crippen LogP contribution in [0.2, 0.25) is 0 Å². The molecule has 0 aliphatic carbocycles. The number of aliphatic hydroxyl groups is 1. The Morgan fingerprint density at radius 1 is 1.48 bits per heavy atom. The van der Waals surface area contributed by atoms with Gasteiger partial charge in [0, 0.05) is 30.7 Å². The Balaban J connectivity index is 1.42. The summed E-state index contributed by atoms with van der Waals surface area (Å²) in [7, 11) is 0. The van der Waals surface area contributed by atoms with Crippen molar-refractivity contribution in [1.82, 2.24) is 14.9 Å². The van der Waals surface area contributed by atoms with Gasteiger partial charge in [-0.2, -0.15) is 0 Å². The van der Waals surface area contributed by atoms with E-state index in [4.69, 9.17) is 4.74 Å². The van der Waals surface area contributed by atoms with Crippen LogP contribution in [0.1, 0.15) is 16.1 Å². The van der Waals surface area contributed by atoms with E-state index in [2.05, 4.69) is 14.9 Å². The van der Waals surface area contributed by atoms with E-state index in [-0.39, 0.29) is 0 Å². The van der Waals surface area contributed by atoms with Gasteiger partial charge in [-0.05, 0) is 23.4 Å². The molecule has 5 nitrogen and oxygen atoms in total. The Bertz CT molecular complexity index is 562. The van der Waals surface area contributed by atoms with Crippen LogP contribution in [-0.2, 0) is 24.3 Å². The molecule has 1 atom stereocenters. The predicted octanol–water partition coefficient (Wildman–Crippen LogP) is 1.47. The third kappa shape index (κ3) is 4.07. The van der Waals surface area contributed by atoms with Crippen LogP contribution in [0.4, 0.5) is 0 Å². The minimum atomic E-state index is -0.464. The number of aliphatic hydroxyl groups excluding tert-OH is 1. The number of thiophene rings is 1. The fraction of sp³-hybridized carbons (Fsp3) is 0.467. The summed E-state index contributed by atoms with van der Waals surface area (Å²) in [6, 6.07) is 4.05. The van der Waals surface area contributed by atoms with Crippen LogP contribution in [0.3, 0.4) is 0 Å². The molecule has 112 valence electrons. The molecule has 0 fully saturated rings. The van der Waals surface area contributed by atoms with Crippen molar-refractivity contribution in [2.24, 2.45) is 0 Å². The summed E-state index contributed by atoms with van der Waals surface area (Å²) in [4.78, 5) is 11.8. The highest BCUT2D eigenvalue weighted by Gasteiger charge is 2.19. The van der Waals surface area contributed by atoms with Gasteiger partial charge in [0.2, 0.25) is 0 Å². The number of hydrogen-bond acceptors (Lipinski definition) is 6. The summed E-state index contributed by atoms with van der Waals surface area (Å²) in [6.07, 6.45) is 3.95. The lowest BCUT2D eigenvalue weighted by Crippen LogP contribution is -2.38. The zero-order valence-electron chi connectivity index (χ0n) is 11.8. The molecule has 3 rings (SSSR count). The summed E-state index contributed by atoms with van der Waals surface area (Å²) in [5, 5.41) is 12.1. The zero-order valence-corrected chi connectivity index (χ0v) is 12.6. The Labute approximate surface area is 128 Å². The average molecular weight is 305 g/mol. The molecule has 1 N–H and O–H groups in total. The minimum Gasteiger partial charge on any atom is -0.389 e. The lowest BCUT2D eigenvalue weighted by Gasteiger charge is -2.29. The number of hydrogen-bond donors (Lipinski definition) is 1. The van der Waals surface area contributed by atoms with Crippen LogP contribution in [0.5, 0.6) is 0 Å². The maximum atomic E-state index is 10.1. The van der Waals surface area contributed by atoms with Crippen LogP contribution >= 0.6 is 11.3 Å². The predicted molar refractivity (Wildman–Crippen MR) is 81.0 cm³/mol. The summed E-state index contributed by atoms with van der Waals surface area (Å²) in [5.41, 5.74) is 2.29. The van der Waals surface area contributed by atoms with E-state index < -0.39 is 6.10 Å². The maximum Gasteiger partial charge on any atom is 0.115 e. The second-order valence-electron chi connectivity index (χ2n) is 5.23. The first-order valence-corrected chi connectivity index (χ1v) is 7.97. The van der Waals surface area contributed by atoms with Crippen molar-refractivity contribution < 1.29 is 9.84 Å². The summed E-state index contributed by atoms with van der Waals surface area (Å²) in [5.74, 6) is 0. The van der Waals surface area contributed by atoms with Crippen molar-refractivity contribution >= 4 is 11.3 Å². The van der Waals surface area contributed by atoms with Gasteiger partial charge in [0.15, 0.2) is 0 Å². The van der Waals surface area contributed by atoms with Gasteiger partial charge in [-0.3, -0.25) is 4.90 Å². The molecule has 0 bridgehead atoms. The third-order valence-corrected chi connectivity index (χ3v) is 4.41. The topological polar surface area (TPSA) is 58.5 Å². The first-order chi connectivity index (χ1) is 10.3. The quantitative estimate of drug-likeness (QED) is 0.876. The number of nitrogens with zero attached hydrogens (tertiary/aromatic N) is 3. The Hall–Kier alpha value is -1.34. The number of ether oxygens (including phenoxy) is 1. The molecule has 1 aliphatic heterocycles. The first-order valence-electron chi connectivity index (χ1n) is 7.09. The van der Waals surface area contributed by atoms with Crippen molar-refractivity contribution in [2.45, 2.75) is 25.7 Å². The fourth-order valence-electron chi connectivity index (χ4n) is 2.50. The number of rotatable bonds is 6. The molecular weight excluding hydrogens is 286 g/mol. The molecule has 0 saturated heterocycles. The highest BCUT2D eigenvalue weighted by atomic mass is 32.1. The molecule has 0 unspecified atom stereocenters. The van der Waals surface area contributed by atoms with Crippen LogP contribution < -0.4 is 0 Å². The van der Waals surface area contributed by atoms with E-state index in [0.717, 1.165) is 25.2 Å². The number of β-amino-alcohol motifs (C(OH)–C–C–N with tert-alkyl or cyclic N) is 1. The van der Waals surface area contributed by atoms with Gasteiger partial charge in [0.25, 0.3) is 0 Å². The average Bonchev–Trinajstić information content (AvgIpc) is 3.00. The summed E-state index contributed by atoms with van der Waals surface area (Å²) in [6.45, 7) is 3.27. The molecule has 21 heavy (non-hydrogen) atoms. The van der Waals surface area contributed by atoms with Gasteiger partial charge in [0.1, 0.15) is 6.33 Å². The third-order valence-electron chi connectivity index (χ3n) is 3.56. The maximum absolute atomic E-state index is 10.1. The van der Waals surface area contributed by atoms with E-state index in [0.29, 0.717) is 19.8 Å². The van der Waals surface area contributed by atoms with E-state index in [1.807, 2.05) is 23.7 Å². The molecule has 6 heteroatoms. The number of aromatic nitrogens is 2. The molecule has 1 aliphatic rings. The van der Waals surface area contributed by atoms with E-state index in [1.165, 1.54) is 10.4 Å². The zero-order chi connectivity index (χ0) is 14.5. The monoisotopic (exact) mass is 305 g/mol. The molecule has 0 aromatic carbocycles. The molecule has 0 spiro atoms. The molecule has 2 aromatic rings. The van der Waals surface area contributed by atoms with Crippen LogP contribution in [0, 0.1) is 0 Å². The highest BCUT2D eigenvalue weighted by molar-refractivity contribution is 7.09. The summed E-state index contributed by atoms with van der Waals surface area (Å²) >= 11 is 1.67. The van der Waals surface area contributed by atoms with Crippen molar-refractivity contribution in [2.75, 3.05) is 19.7 Å². The molecule has 3 heterocycles. The van der Waals surface area contributed by atoms with Crippen LogP contribution in [0.15, 0.2) is 30.0 Å². The largest absolute Gasteiger partial charge is 0.389 e. The lowest BCUT2D eigenvalue weighted by molar-refractivity contribution is 0.00824. The van der Waals surface area contributed by atoms with Crippen molar-refractivity contribution in [3.63, 3.8) is 0 Å². The Morgan fingerprint density at radius 2 is 2.43 bits per heavy atom. The standard InChI is InChI=1S/C15H19N3O2S/c19-13(9-20-10-14-2-1-5-21-14)7-18-4-3-12-6-16-11-17-15(12)8-18/h1-2,5-6,11,13,19H,3-4,7-10H2/t13-/m1/s1. The van der Waals surface area contributed by atoms with Gasteiger partial charge in [-0.1, -0.05) is 6.07 Å². The van der Waals surface area contributed by atoms with Crippen LogP contribution in [0.25, 0.3) is 0 Å². The minimum absolute atomic E-state index is 0.366. The second-order valence-corrected chi connectivity index (χ2v) is 6.26. The second kappa shape index (κ2) is 7.09. The van der Waals surface area contributed by atoms with Crippen molar-refractivity contribution in [1.29, 1.82) is 0 Å². The van der Waals surface area contributed by atoms with E-state index >= 15 is 0 Å². The Morgan fingerprint density at radius 3 is 3.29 bits per heavy atom. The van der Waals surface area contributed by atoms with E-state index in [1.54, 1.807) is 17.7 Å². The molecule has 0 saturated carbocycles. The van der Waals surface area contributed by atoms with Crippen molar-refractivity contribution in [3.05, 3.63) is 46.2 Å².